The molecule has 2 saturated carbocycles. The zero-order valence-corrected chi connectivity index (χ0v) is 17.4. The maximum Gasteiger partial charge on any atom is 0.306 e. The van der Waals surface area contributed by atoms with Gasteiger partial charge in [0.1, 0.15) is 17.6 Å². The lowest BCUT2D eigenvalue weighted by Crippen LogP contribution is -2.24. The van der Waals surface area contributed by atoms with E-state index >= 15 is 0 Å². The minimum absolute atomic E-state index is 0.318. The highest BCUT2D eigenvalue weighted by Gasteiger charge is 2.40. The van der Waals surface area contributed by atoms with Crippen molar-refractivity contribution in [3.05, 3.63) is 41.0 Å². The molecular weight excluding hydrogens is 382 g/mol. The number of rotatable bonds is 7. The Kier molecular flexibility index (Phi) is 5.67. The predicted molar refractivity (Wildman–Crippen MR) is 110 cm³/mol. The van der Waals surface area contributed by atoms with E-state index in [2.05, 4.69) is 11.4 Å². The molecule has 0 saturated heterocycles. The number of fused-ring (bicyclic) bond motifs is 2. The van der Waals surface area contributed by atoms with Crippen molar-refractivity contribution in [3.8, 4) is 6.07 Å². The van der Waals surface area contributed by atoms with Crippen molar-refractivity contribution in [1.29, 1.82) is 5.26 Å². The Morgan fingerprint density at radius 2 is 2.17 bits per heavy atom. The molecule has 2 heterocycles. The third kappa shape index (κ3) is 4.00. The molecule has 3 atom stereocenters. The van der Waals surface area contributed by atoms with Gasteiger partial charge in [0.2, 0.25) is 0 Å². The Bertz CT molecular complexity index is 983. The van der Waals surface area contributed by atoms with Crippen LogP contribution in [0.15, 0.2) is 22.8 Å². The molecule has 2 aromatic rings. The number of hydrogen-bond acceptors (Lipinski definition) is 5. The number of anilines is 1. The van der Waals surface area contributed by atoms with Gasteiger partial charge in [-0.2, -0.15) is 5.26 Å². The average Bonchev–Trinajstić information content (AvgIpc) is 3.50. The fourth-order valence-electron chi connectivity index (χ4n) is 5.10. The summed E-state index contributed by atoms with van der Waals surface area (Å²) in [5.41, 5.74) is 2.07. The van der Waals surface area contributed by atoms with Crippen molar-refractivity contribution >= 4 is 17.7 Å². The van der Waals surface area contributed by atoms with Gasteiger partial charge in [-0.15, -0.1) is 0 Å². The highest BCUT2D eigenvalue weighted by Crippen LogP contribution is 2.49. The first-order valence-electron chi connectivity index (χ1n) is 10.5. The van der Waals surface area contributed by atoms with E-state index in [0.717, 1.165) is 23.6 Å². The summed E-state index contributed by atoms with van der Waals surface area (Å²) < 4.78 is 12.5. The maximum absolute atomic E-state index is 12.5. The van der Waals surface area contributed by atoms with E-state index in [1.165, 1.54) is 19.3 Å². The Balaban J connectivity index is 1.38. The highest BCUT2D eigenvalue weighted by molar-refractivity contribution is 5.93. The van der Waals surface area contributed by atoms with E-state index in [-0.39, 0.29) is 12.6 Å². The van der Waals surface area contributed by atoms with Crippen LogP contribution in [0.5, 0.6) is 0 Å². The second-order valence-corrected chi connectivity index (χ2v) is 8.56. The van der Waals surface area contributed by atoms with Crippen LogP contribution in [-0.4, -0.2) is 23.1 Å². The predicted octanol–water partition coefficient (Wildman–Crippen LogP) is 3.93. The Morgan fingerprint density at radius 3 is 2.80 bits per heavy atom. The first-order valence-corrected chi connectivity index (χ1v) is 10.5. The minimum atomic E-state index is -0.453. The van der Waals surface area contributed by atoms with Gasteiger partial charge in [-0.05, 0) is 68.6 Å². The first-order chi connectivity index (χ1) is 14.5. The number of nitrogens with one attached hydrogen (secondary N) is 1. The summed E-state index contributed by atoms with van der Waals surface area (Å²) in [6, 6.07) is 5.79. The molecular formula is C23H27N3O4. The van der Waals surface area contributed by atoms with Crippen molar-refractivity contribution < 1.29 is 18.7 Å². The molecule has 0 unspecified atom stereocenters. The maximum atomic E-state index is 12.5. The van der Waals surface area contributed by atoms with Gasteiger partial charge in [-0.1, -0.05) is 6.42 Å². The molecule has 2 aromatic heterocycles. The van der Waals surface area contributed by atoms with Gasteiger partial charge in [-0.25, -0.2) is 0 Å². The van der Waals surface area contributed by atoms with Crippen LogP contribution >= 0.6 is 0 Å². The van der Waals surface area contributed by atoms with Crippen LogP contribution in [0, 0.1) is 42.9 Å². The van der Waals surface area contributed by atoms with Crippen LogP contribution in [-0.2, 0) is 20.9 Å². The number of amides is 1. The standard InChI is InChI=1S/C23H27N3O4/c1-14-15(2)26(12-19-4-3-7-29-19)23(20(14)11-24)25-21(27)13-30-22(28)10-18-9-16-5-6-17(18)8-16/h3-4,7,16-18H,5-6,8-10,12-13H2,1-2H3,(H,25,27)/t16-,17+,18-/m0/s1. The number of carbonyl (C=O) groups is 2. The topological polar surface area (TPSA) is 97.3 Å². The average molecular weight is 409 g/mol. The molecule has 0 radical (unpaired) electrons. The number of nitriles is 1. The second-order valence-electron chi connectivity index (χ2n) is 8.56. The number of furan rings is 1. The molecule has 2 bridgehead atoms. The minimum Gasteiger partial charge on any atom is -0.467 e. The molecule has 2 fully saturated rings. The first kappa shape index (κ1) is 20.3. The van der Waals surface area contributed by atoms with Gasteiger partial charge >= 0.3 is 5.97 Å². The number of ether oxygens (including phenoxy) is 1. The van der Waals surface area contributed by atoms with Crippen LogP contribution in [0.3, 0.4) is 0 Å². The van der Waals surface area contributed by atoms with Crippen LogP contribution in [0.1, 0.15) is 54.7 Å². The third-order valence-electron chi connectivity index (χ3n) is 6.77. The zero-order chi connectivity index (χ0) is 21.3. The molecule has 2 aliphatic rings. The summed E-state index contributed by atoms with van der Waals surface area (Å²) in [6.07, 6.45) is 6.82. The summed E-state index contributed by atoms with van der Waals surface area (Å²) in [7, 11) is 0. The largest absolute Gasteiger partial charge is 0.467 e. The van der Waals surface area contributed by atoms with Crippen molar-refractivity contribution in [3.63, 3.8) is 0 Å². The highest BCUT2D eigenvalue weighted by atomic mass is 16.5. The van der Waals surface area contributed by atoms with E-state index in [4.69, 9.17) is 9.15 Å². The Labute approximate surface area is 176 Å². The number of aromatic nitrogens is 1. The number of esters is 1. The van der Waals surface area contributed by atoms with Crippen LogP contribution in [0.4, 0.5) is 5.82 Å². The quantitative estimate of drug-likeness (QED) is 0.699. The fraction of sp³-hybridized carbons (Fsp3) is 0.522. The molecule has 0 aliphatic heterocycles. The lowest BCUT2D eigenvalue weighted by atomic mass is 9.86. The summed E-state index contributed by atoms with van der Waals surface area (Å²) in [5.74, 6) is 2.16. The molecule has 7 heteroatoms. The number of hydrogen-bond donors (Lipinski definition) is 1. The van der Waals surface area contributed by atoms with E-state index in [1.54, 1.807) is 12.3 Å². The van der Waals surface area contributed by atoms with E-state index in [0.29, 0.717) is 41.9 Å². The van der Waals surface area contributed by atoms with Gasteiger partial charge in [0, 0.05) is 12.1 Å². The summed E-state index contributed by atoms with van der Waals surface area (Å²) >= 11 is 0. The number of carbonyl (C=O) groups excluding carboxylic acids is 2. The van der Waals surface area contributed by atoms with Crippen molar-refractivity contribution in [2.24, 2.45) is 17.8 Å². The summed E-state index contributed by atoms with van der Waals surface area (Å²) in [4.78, 5) is 24.7. The Morgan fingerprint density at radius 1 is 1.33 bits per heavy atom. The molecule has 2 aliphatic carbocycles. The molecule has 0 spiro atoms. The van der Waals surface area contributed by atoms with Crippen LogP contribution in [0.25, 0.3) is 0 Å². The normalized spacial score (nSPS) is 22.1. The molecule has 30 heavy (non-hydrogen) atoms. The van der Waals surface area contributed by atoms with Crippen LogP contribution in [0.2, 0.25) is 0 Å². The third-order valence-corrected chi connectivity index (χ3v) is 6.77. The van der Waals surface area contributed by atoms with Gasteiger partial charge in [0.25, 0.3) is 5.91 Å². The van der Waals surface area contributed by atoms with Gasteiger partial charge in [0.15, 0.2) is 6.61 Å². The zero-order valence-electron chi connectivity index (χ0n) is 17.4. The lowest BCUT2D eigenvalue weighted by Gasteiger charge is -2.20. The second kappa shape index (κ2) is 8.39. The smallest absolute Gasteiger partial charge is 0.306 e. The SMILES string of the molecule is Cc1c(C#N)c(NC(=O)COC(=O)C[C@@H]2C[C@H]3CC[C@@H]2C3)n(Cc2ccco2)c1C. The van der Waals surface area contributed by atoms with Gasteiger partial charge in [0.05, 0.1) is 18.4 Å². The molecule has 1 amide bonds. The molecule has 0 aromatic carbocycles. The van der Waals surface area contributed by atoms with Crippen LogP contribution < -0.4 is 5.32 Å². The van der Waals surface area contributed by atoms with Crippen molar-refractivity contribution in [1.82, 2.24) is 4.57 Å². The number of nitrogens with zero attached hydrogens (tertiary/aromatic N) is 2. The van der Waals surface area contributed by atoms with E-state index < -0.39 is 5.91 Å². The summed E-state index contributed by atoms with van der Waals surface area (Å²) in [5, 5.41) is 12.3. The molecule has 158 valence electrons. The molecule has 7 nitrogen and oxygen atoms in total. The molecule has 1 N–H and O–H groups in total. The van der Waals surface area contributed by atoms with Gasteiger partial charge in [-0.3, -0.25) is 9.59 Å². The van der Waals surface area contributed by atoms with Crippen molar-refractivity contribution in [2.75, 3.05) is 11.9 Å². The molecule has 4 rings (SSSR count). The lowest BCUT2D eigenvalue weighted by molar-refractivity contribution is -0.148. The van der Waals surface area contributed by atoms with E-state index in [9.17, 15) is 14.9 Å². The van der Waals surface area contributed by atoms with E-state index in [1.807, 2.05) is 24.5 Å². The summed E-state index contributed by atoms with van der Waals surface area (Å²) in [6.45, 7) is 3.77. The van der Waals surface area contributed by atoms with Crippen molar-refractivity contribution in [2.45, 2.75) is 52.5 Å². The monoisotopic (exact) mass is 409 g/mol. The Hall–Kier alpha value is -3.01. The van der Waals surface area contributed by atoms with Gasteiger partial charge < -0.3 is 19.0 Å². The fourth-order valence-corrected chi connectivity index (χ4v) is 5.10.